The van der Waals surface area contributed by atoms with Gasteiger partial charge in [0, 0.05) is 19.0 Å². The van der Waals surface area contributed by atoms with E-state index in [2.05, 4.69) is 22.9 Å². The zero-order valence-electron chi connectivity index (χ0n) is 15.5. The van der Waals surface area contributed by atoms with Gasteiger partial charge in [0.1, 0.15) is 6.04 Å². The molecule has 1 aromatic rings. The van der Waals surface area contributed by atoms with Gasteiger partial charge in [-0.1, -0.05) is 12.1 Å². The second-order valence-corrected chi connectivity index (χ2v) is 6.96. The van der Waals surface area contributed by atoms with Gasteiger partial charge in [-0.15, -0.1) is 0 Å². The highest BCUT2D eigenvalue weighted by Gasteiger charge is 2.45. The van der Waals surface area contributed by atoms with Gasteiger partial charge in [-0.25, -0.2) is 0 Å². The molecule has 8 heteroatoms. The number of piperidine rings is 1. The summed E-state index contributed by atoms with van der Waals surface area (Å²) in [4.78, 5) is 50.2. The van der Waals surface area contributed by atoms with E-state index in [0.717, 1.165) is 23.4 Å². The molecule has 1 saturated heterocycles. The van der Waals surface area contributed by atoms with Crippen LogP contribution in [-0.2, 0) is 16.1 Å². The van der Waals surface area contributed by atoms with Gasteiger partial charge in [0.2, 0.25) is 11.8 Å². The Morgan fingerprint density at radius 1 is 1.22 bits per heavy atom. The lowest BCUT2D eigenvalue weighted by molar-refractivity contribution is -0.136. The average molecular weight is 372 g/mol. The van der Waals surface area contributed by atoms with Gasteiger partial charge < -0.3 is 10.6 Å². The van der Waals surface area contributed by atoms with Crippen molar-refractivity contribution >= 4 is 23.6 Å². The van der Waals surface area contributed by atoms with Crippen molar-refractivity contribution in [2.75, 3.05) is 13.6 Å². The molecule has 2 aliphatic rings. The number of nitrogens with zero attached hydrogens (tertiary/aromatic N) is 1. The summed E-state index contributed by atoms with van der Waals surface area (Å²) in [5.74, 6) is -1.92. The maximum atomic E-state index is 13.0. The maximum Gasteiger partial charge on any atom is 0.262 e. The fourth-order valence-electron chi connectivity index (χ4n) is 3.48. The fourth-order valence-corrected chi connectivity index (χ4v) is 3.48. The third kappa shape index (κ3) is 3.77. The monoisotopic (exact) mass is 372 g/mol. The van der Waals surface area contributed by atoms with Crippen LogP contribution in [0, 0.1) is 0 Å². The first-order chi connectivity index (χ1) is 12.9. The minimum Gasteiger partial charge on any atom is -0.320 e. The Morgan fingerprint density at radius 3 is 2.70 bits per heavy atom. The van der Waals surface area contributed by atoms with Crippen molar-refractivity contribution < 1.29 is 19.2 Å². The molecule has 4 amide bonds. The van der Waals surface area contributed by atoms with Crippen LogP contribution < -0.4 is 16.0 Å². The van der Waals surface area contributed by atoms with Gasteiger partial charge in [-0.05, 0) is 45.0 Å². The molecule has 2 unspecified atom stereocenters. The highest BCUT2D eigenvalue weighted by molar-refractivity contribution is 6.24. The summed E-state index contributed by atoms with van der Waals surface area (Å²) in [6.45, 7) is 3.39. The second kappa shape index (κ2) is 7.98. The number of fused-ring (bicyclic) bond motifs is 1. The number of benzene rings is 1. The molecule has 0 aromatic heterocycles. The van der Waals surface area contributed by atoms with Crippen molar-refractivity contribution in [3.05, 3.63) is 34.9 Å². The molecule has 0 saturated carbocycles. The standard InChI is InChI=1S/C19H24N4O4/c1-11(8-9-20-2)21-10-12-4-3-5-13-16(12)19(27)23(18(13)26)14-6-7-15(24)22-17(14)25/h3-5,11,14,20-21H,6-10H2,1-2H3,(H,22,24,25). The first-order valence-electron chi connectivity index (χ1n) is 9.15. The van der Waals surface area contributed by atoms with Crippen LogP contribution in [0.4, 0.5) is 0 Å². The van der Waals surface area contributed by atoms with E-state index >= 15 is 0 Å². The van der Waals surface area contributed by atoms with Gasteiger partial charge in [0.05, 0.1) is 11.1 Å². The van der Waals surface area contributed by atoms with Crippen LogP contribution in [0.3, 0.4) is 0 Å². The van der Waals surface area contributed by atoms with E-state index in [1.54, 1.807) is 12.1 Å². The Balaban J connectivity index is 1.80. The summed E-state index contributed by atoms with van der Waals surface area (Å²) in [7, 11) is 1.89. The van der Waals surface area contributed by atoms with Crippen LogP contribution in [-0.4, -0.2) is 54.2 Å². The number of carbonyl (C=O) groups excluding carboxylic acids is 4. The van der Waals surface area contributed by atoms with E-state index in [1.807, 2.05) is 13.1 Å². The Labute approximate surface area is 157 Å². The zero-order valence-corrected chi connectivity index (χ0v) is 15.5. The van der Waals surface area contributed by atoms with Crippen LogP contribution in [0.5, 0.6) is 0 Å². The number of amides is 4. The molecular formula is C19H24N4O4. The van der Waals surface area contributed by atoms with Gasteiger partial charge >= 0.3 is 0 Å². The molecule has 2 heterocycles. The molecule has 144 valence electrons. The third-order valence-corrected chi connectivity index (χ3v) is 5.02. The van der Waals surface area contributed by atoms with Crippen LogP contribution in [0.25, 0.3) is 0 Å². The number of carbonyl (C=O) groups is 4. The minimum atomic E-state index is -0.939. The van der Waals surface area contributed by atoms with E-state index in [0.29, 0.717) is 17.7 Å². The Bertz CT molecular complexity index is 792. The van der Waals surface area contributed by atoms with Crippen molar-refractivity contribution in [2.45, 2.75) is 44.8 Å². The summed E-state index contributed by atoms with van der Waals surface area (Å²) >= 11 is 0. The topological polar surface area (TPSA) is 108 Å². The molecule has 1 fully saturated rings. The lowest BCUT2D eigenvalue weighted by atomic mass is 10.0. The zero-order chi connectivity index (χ0) is 19.6. The van der Waals surface area contributed by atoms with Gasteiger partial charge in [-0.2, -0.15) is 0 Å². The molecule has 0 bridgehead atoms. The number of hydrogen-bond acceptors (Lipinski definition) is 6. The Hall–Kier alpha value is -2.58. The summed E-state index contributed by atoms with van der Waals surface area (Å²) in [5.41, 5.74) is 1.39. The summed E-state index contributed by atoms with van der Waals surface area (Å²) in [6.07, 6.45) is 1.20. The molecule has 0 aliphatic carbocycles. The van der Waals surface area contributed by atoms with Crippen LogP contribution in [0.15, 0.2) is 18.2 Å². The van der Waals surface area contributed by atoms with E-state index in [9.17, 15) is 19.2 Å². The lowest BCUT2D eigenvalue weighted by Crippen LogP contribution is -2.54. The molecule has 27 heavy (non-hydrogen) atoms. The van der Waals surface area contributed by atoms with Gasteiger partial charge in [0.15, 0.2) is 0 Å². The SMILES string of the molecule is CNCCC(C)NCc1cccc2c1C(=O)N(C1CCC(=O)NC1=O)C2=O. The van der Waals surface area contributed by atoms with Crippen molar-refractivity contribution in [3.63, 3.8) is 0 Å². The first kappa shape index (κ1) is 19.2. The summed E-state index contributed by atoms with van der Waals surface area (Å²) < 4.78 is 0. The van der Waals surface area contributed by atoms with Crippen LogP contribution in [0.1, 0.15) is 52.5 Å². The maximum absolute atomic E-state index is 13.0. The average Bonchev–Trinajstić information content (AvgIpc) is 2.90. The van der Waals surface area contributed by atoms with Gasteiger partial charge in [0.25, 0.3) is 11.8 Å². The van der Waals surface area contributed by atoms with Gasteiger partial charge in [-0.3, -0.25) is 29.4 Å². The smallest absolute Gasteiger partial charge is 0.262 e. The molecular weight excluding hydrogens is 348 g/mol. The lowest BCUT2D eigenvalue weighted by Gasteiger charge is -2.27. The highest BCUT2D eigenvalue weighted by atomic mass is 16.2. The molecule has 2 atom stereocenters. The minimum absolute atomic E-state index is 0.112. The normalized spacial score (nSPS) is 20.7. The van der Waals surface area contributed by atoms with Crippen molar-refractivity contribution in [3.8, 4) is 0 Å². The van der Waals surface area contributed by atoms with Crippen molar-refractivity contribution in [1.29, 1.82) is 0 Å². The number of nitrogens with one attached hydrogen (secondary N) is 3. The largest absolute Gasteiger partial charge is 0.320 e. The van der Waals surface area contributed by atoms with Crippen molar-refractivity contribution in [1.82, 2.24) is 20.9 Å². The number of rotatable bonds is 7. The molecule has 3 rings (SSSR count). The predicted molar refractivity (Wildman–Crippen MR) is 98.0 cm³/mol. The summed E-state index contributed by atoms with van der Waals surface area (Å²) in [6, 6.07) is 4.47. The third-order valence-electron chi connectivity index (χ3n) is 5.02. The van der Waals surface area contributed by atoms with E-state index in [-0.39, 0.29) is 24.8 Å². The highest BCUT2D eigenvalue weighted by Crippen LogP contribution is 2.29. The molecule has 3 N–H and O–H groups in total. The second-order valence-electron chi connectivity index (χ2n) is 6.96. The Morgan fingerprint density at radius 2 is 2.00 bits per heavy atom. The van der Waals surface area contributed by atoms with Crippen LogP contribution >= 0.6 is 0 Å². The molecule has 8 nitrogen and oxygen atoms in total. The molecule has 2 aliphatic heterocycles. The number of imide groups is 2. The molecule has 1 aromatic carbocycles. The summed E-state index contributed by atoms with van der Waals surface area (Å²) in [5, 5.41) is 8.66. The predicted octanol–water partition coefficient (Wildman–Crippen LogP) is 0.175. The van der Waals surface area contributed by atoms with E-state index < -0.39 is 23.8 Å². The fraction of sp³-hybridized carbons (Fsp3) is 0.474. The number of hydrogen-bond donors (Lipinski definition) is 3. The Kier molecular flexibility index (Phi) is 5.67. The molecule has 0 radical (unpaired) electrons. The van der Waals surface area contributed by atoms with E-state index in [4.69, 9.17) is 0 Å². The van der Waals surface area contributed by atoms with E-state index in [1.165, 1.54) is 0 Å². The van der Waals surface area contributed by atoms with Crippen molar-refractivity contribution in [2.24, 2.45) is 0 Å². The van der Waals surface area contributed by atoms with Crippen LogP contribution in [0.2, 0.25) is 0 Å². The quantitative estimate of drug-likeness (QED) is 0.589. The first-order valence-corrected chi connectivity index (χ1v) is 9.15. The molecule has 0 spiro atoms.